The van der Waals surface area contributed by atoms with Crippen LogP contribution in [-0.4, -0.2) is 10.5 Å². The smallest absolute Gasteiger partial charge is 0.282 e. The summed E-state index contributed by atoms with van der Waals surface area (Å²) >= 11 is 7.16. The molecule has 0 saturated carbocycles. The predicted molar refractivity (Wildman–Crippen MR) is 88.0 cm³/mol. The molecule has 1 aromatic carbocycles. The van der Waals surface area contributed by atoms with Crippen LogP contribution in [0.1, 0.15) is 41.7 Å². The monoisotopic (exact) mass is 340 g/mol. The number of carbonyl (C=O) groups excluding carboxylic acids is 1. The number of hydrogen-bond donors (Lipinski definition) is 0. The predicted octanol–water partition coefficient (Wildman–Crippen LogP) is 4.23. The van der Waals surface area contributed by atoms with Crippen molar-refractivity contribution >= 4 is 28.8 Å². The van der Waals surface area contributed by atoms with Crippen LogP contribution < -0.4 is 4.80 Å². The van der Waals surface area contributed by atoms with Crippen LogP contribution in [0.2, 0.25) is 5.02 Å². The first-order chi connectivity index (χ1) is 10.1. The highest BCUT2D eigenvalue weighted by atomic mass is 35.5. The zero-order valence-electron chi connectivity index (χ0n) is 13.2. The van der Waals surface area contributed by atoms with E-state index >= 15 is 0 Å². The number of benzene rings is 1. The minimum atomic E-state index is -0.732. The van der Waals surface area contributed by atoms with E-state index in [1.54, 1.807) is 0 Å². The Morgan fingerprint density at radius 2 is 2.00 bits per heavy atom. The standard InChI is InChI=1S/C16H18ClFN2OS/c1-9-13(16(2,3)4)22-15(20(9)5)19-14(21)10-7-6-8-11(17)12(10)18/h6-8H,1-5H3/b19-15-. The molecule has 0 aliphatic heterocycles. The number of thiazole rings is 1. The number of rotatable bonds is 1. The Labute approximate surface area is 138 Å². The topological polar surface area (TPSA) is 34.4 Å². The second kappa shape index (κ2) is 5.97. The molecule has 0 unspecified atom stereocenters. The average molecular weight is 341 g/mol. The Kier molecular flexibility index (Phi) is 4.59. The maximum Gasteiger partial charge on any atom is 0.282 e. The van der Waals surface area contributed by atoms with Crippen molar-refractivity contribution in [3.63, 3.8) is 0 Å². The van der Waals surface area contributed by atoms with Crippen LogP contribution in [0.4, 0.5) is 4.39 Å². The Bertz CT molecular complexity index is 799. The molecule has 0 radical (unpaired) electrons. The second-order valence-electron chi connectivity index (χ2n) is 6.13. The molecule has 0 saturated heterocycles. The Balaban J connectivity index is 2.55. The average Bonchev–Trinajstić information content (AvgIpc) is 2.70. The first kappa shape index (κ1) is 16.9. The molecule has 0 N–H and O–H groups in total. The Morgan fingerprint density at radius 1 is 1.36 bits per heavy atom. The molecule has 22 heavy (non-hydrogen) atoms. The van der Waals surface area contributed by atoms with E-state index in [4.69, 9.17) is 11.6 Å². The molecule has 0 spiro atoms. The number of aromatic nitrogens is 1. The molecule has 2 aromatic rings. The van der Waals surface area contributed by atoms with Gasteiger partial charge >= 0.3 is 0 Å². The molecule has 118 valence electrons. The van der Waals surface area contributed by atoms with E-state index in [1.807, 2.05) is 18.5 Å². The van der Waals surface area contributed by atoms with Gasteiger partial charge in [-0.2, -0.15) is 4.99 Å². The summed E-state index contributed by atoms with van der Waals surface area (Å²) in [5.41, 5.74) is 0.899. The molecule has 0 atom stereocenters. The summed E-state index contributed by atoms with van der Waals surface area (Å²) in [6.07, 6.45) is 0. The lowest BCUT2D eigenvalue weighted by atomic mass is 9.93. The first-order valence-electron chi connectivity index (χ1n) is 6.83. The van der Waals surface area contributed by atoms with Gasteiger partial charge in [-0.1, -0.05) is 38.4 Å². The lowest BCUT2D eigenvalue weighted by Crippen LogP contribution is -2.15. The van der Waals surface area contributed by atoms with E-state index in [1.165, 1.54) is 29.5 Å². The van der Waals surface area contributed by atoms with Gasteiger partial charge in [-0.25, -0.2) is 4.39 Å². The van der Waals surface area contributed by atoms with E-state index in [0.717, 1.165) is 10.6 Å². The molecule has 0 bridgehead atoms. The van der Waals surface area contributed by atoms with Gasteiger partial charge in [0.25, 0.3) is 5.91 Å². The van der Waals surface area contributed by atoms with Crippen LogP contribution in [-0.2, 0) is 12.5 Å². The Hall–Kier alpha value is -1.46. The van der Waals surface area contributed by atoms with Crippen molar-refractivity contribution in [2.45, 2.75) is 33.1 Å². The molecule has 1 aromatic heterocycles. The third kappa shape index (κ3) is 3.15. The zero-order chi connectivity index (χ0) is 16.7. The fourth-order valence-electron chi connectivity index (χ4n) is 2.14. The van der Waals surface area contributed by atoms with Gasteiger partial charge in [0, 0.05) is 17.6 Å². The molecule has 0 aliphatic carbocycles. The summed E-state index contributed by atoms with van der Waals surface area (Å²) in [5.74, 6) is -1.36. The van der Waals surface area contributed by atoms with Crippen LogP contribution in [0.15, 0.2) is 23.2 Å². The first-order valence-corrected chi connectivity index (χ1v) is 8.02. The fraction of sp³-hybridized carbons (Fsp3) is 0.375. The Morgan fingerprint density at radius 3 is 2.55 bits per heavy atom. The maximum absolute atomic E-state index is 13.9. The van der Waals surface area contributed by atoms with E-state index in [0.29, 0.717) is 4.80 Å². The third-order valence-electron chi connectivity index (χ3n) is 3.37. The summed E-state index contributed by atoms with van der Waals surface area (Å²) in [4.78, 5) is 18.0. The highest BCUT2D eigenvalue weighted by Crippen LogP contribution is 2.27. The molecule has 3 nitrogen and oxygen atoms in total. The quantitative estimate of drug-likeness (QED) is 0.765. The highest BCUT2D eigenvalue weighted by Gasteiger charge is 2.21. The van der Waals surface area contributed by atoms with Crippen LogP contribution in [0.5, 0.6) is 0 Å². The van der Waals surface area contributed by atoms with Gasteiger partial charge in [0.2, 0.25) is 0 Å². The number of amides is 1. The summed E-state index contributed by atoms with van der Waals surface area (Å²) < 4.78 is 15.8. The van der Waals surface area contributed by atoms with Crippen LogP contribution in [0, 0.1) is 12.7 Å². The van der Waals surface area contributed by atoms with Gasteiger partial charge in [0.1, 0.15) is 0 Å². The molecule has 2 rings (SSSR count). The van der Waals surface area contributed by atoms with E-state index in [2.05, 4.69) is 25.8 Å². The number of halogens is 2. The van der Waals surface area contributed by atoms with Gasteiger partial charge in [-0.15, -0.1) is 11.3 Å². The summed E-state index contributed by atoms with van der Waals surface area (Å²) in [7, 11) is 1.85. The number of carbonyl (C=O) groups is 1. The summed E-state index contributed by atoms with van der Waals surface area (Å²) in [6.45, 7) is 8.30. The van der Waals surface area contributed by atoms with Gasteiger partial charge in [-0.05, 0) is 24.5 Å². The van der Waals surface area contributed by atoms with Crippen molar-refractivity contribution in [2.24, 2.45) is 12.0 Å². The summed E-state index contributed by atoms with van der Waals surface area (Å²) in [6, 6.07) is 4.33. The molecular formula is C16H18ClFN2OS. The van der Waals surface area contributed by atoms with Gasteiger partial charge in [0.05, 0.1) is 10.6 Å². The van der Waals surface area contributed by atoms with Gasteiger partial charge < -0.3 is 4.57 Å². The zero-order valence-corrected chi connectivity index (χ0v) is 14.8. The van der Waals surface area contributed by atoms with Crippen molar-refractivity contribution in [3.8, 4) is 0 Å². The van der Waals surface area contributed by atoms with Crippen molar-refractivity contribution in [2.75, 3.05) is 0 Å². The summed E-state index contributed by atoms with van der Waals surface area (Å²) in [5, 5.41) is -0.0804. The van der Waals surface area contributed by atoms with E-state index in [-0.39, 0.29) is 16.0 Å². The largest absolute Gasteiger partial charge is 0.324 e. The number of nitrogens with zero attached hydrogens (tertiary/aromatic N) is 2. The van der Waals surface area contributed by atoms with Crippen molar-refractivity contribution in [3.05, 3.63) is 50.0 Å². The van der Waals surface area contributed by atoms with E-state index in [9.17, 15) is 9.18 Å². The minimum absolute atomic E-state index is 0.0371. The SMILES string of the molecule is Cc1c(C(C)(C)C)s/c(=N\C(=O)c2cccc(Cl)c2F)n1C. The van der Waals surface area contributed by atoms with E-state index < -0.39 is 11.7 Å². The molecule has 0 fully saturated rings. The molecular weight excluding hydrogens is 323 g/mol. The van der Waals surface area contributed by atoms with Crippen molar-refractivity contribution < 1.29 is 9.18 Å². The molecule has 6 heteroatoms. The number of hydrogen-bond acceptors (Lipinski definition) is 2. The highest BCUT2D eigenvalue weighted by molar-refractivity contribution is 7.09. The normalized spacial score (nSPS) is 12.8. The van der Waals surface area contributed by atoms with Gasteiger partial charge in [-0.3, -0.25) is 4.79 Å². The lowest BCUT2D eigenvalue weighted by molar-refractivity contribution is 0.0994. The second-order valence-corrected chi connectivity index (χ2v) is 7.51. The van der Waals surface area contributed by atoms with Crippen LogP contribution in [0.25, 0.3) is 0 Å². The van der Waals surface area contributed by atoms with Crippen molar-refractivity contribution in [1.82, 2.24) is 4.57 Å². The van der Waals surface area contributed by atoms with Crippen LogP contribution in [0.3, 0.4) is 0 Å². The molecule has 1 heterocycles. The maximum atomic E-state index is 13.9. The molecule has 0 aliphatic rings. The molecule has 1 amide bonds. The third-order valence-corrected chi connectivity index (χ3v) is 5.32. The fourth-order valence-corrected chi connectivity index (χ4v) is 3.49. The minimum Gasteiger partial charge on any atom is -0.324 e. The van der Waals surface area contributed by atoms with Gasteiger partial charge in [0.15, 0.2) is 10.6 Å². The lowest BCUT2D eigenvalue weighted by Gasteiger charge is -2.17. The van der Waals surface area contributed by atoms with Crippen LogP contribution >= 0.6 is 22.9 Å². The van der Waals surface area contributed by atoms with Crippen molar-refractivity contribution in [1.29, 1.82) is 0 Å².